The molecule has 0 amide bonds. The Labute approximate surface area is 444 Å². The van der Waals surface area contributed by atoms with E-state index in [1.807, 2.05) is 0 Å². The molecule has 3 N–H and O–H groups in total. The number of ether oxygens (including phenoxy) is 1. The van der Waals surface area contributed by atoms with Crippen LogP contribution in [-0.4, -0.2) is 58.3 Å². The van der Waals surface area contributed by atoms with Crippen LogP contribution in [0.5, 0.6) is 17.4 Å². The molecule has 1 aromatic heterocycles. The Bertz CT molecular complexity index is 3240. The van der Waals surface area contributed by atoms with Gasteiger partial charge in [-0.15, -0.1) is 15.3 Å². The second-order valence-electron chi connectivity index (χ2n) is 13.0. The zero-order valence-corrected chi connectivity index (χ0v) is 43.5. The van der Waals surface area contributed by atoms with E-state index in [2.05, 4.69) is 50.0 Å². The van der Waals surface area contributed by atoms with Crippen LogP contribution in [-0.2, 0) is 41.1 Å². The van der Waals surface area contributed by atoms with Crippen LogP contribution >= 0.6 is 12.0 Å². The SMILES string of the molecule is COc1cc(N=Nc2ccc3cc(SOO[O-])cc(S(=O)(=O)[O-])c3c2)ccc1N=Nc1c(C)cc2ccc(N=Nc3c(COO)nn(-c4ccc(S(=O)(=O)[O-])cc4)c3O)cc2c1O.[Na+].[Na+].[Na+]. The summed E-state index contributed by atoms with van der Waals surface area (Å²) in [6, 6.07) is 22.6. The number of hydrogen-bond donors (Lipinski definition) is 3. The largest absolute Gasteiger partial charge is 1.00 e. The molecule has 324 valence electrons. The number of phenols is 1. The predicted molar refractivity (Wildman–Crippen MR) is 216 cm³/mol. The number of azo groups is 3. The Morgan fingerprint density at radius 3 is 1.91 bits per heavy atom. The third-order valence-corrected chi connectivity index (χ3v) is 11.3. The third-order valence-electron chi connectivity index (χ3n) is 9.01. The maximum atomic E-state index is 12.0. The quantitative estimate of drug-likeness (QED) is 0.0283. The van der Waals surface area contributed by atoms with E-state index in [0.717, 1.165) is 22.9 Å². The van der Waals surface area contributed by atoms with Crippen LogP contribution in [0.3, 0.4) is 0 Å². The fourth-order valence-electron chi connectivity index (χ4n) is 6.11. The van der Waals surface area contributed by atoms with E-state index in [-0.39, 0.29) is 150 Å². The van der Waals surface area contributed by atoms with Crippen LogP contribution in [0.4, 0.5) is 34.1 Å². The van der Waals surface area contributed by atoms with Gasteiger partial charge in [0.25, 0.3) is 0 Å². The van der Waals surface area contributed by atoms with Gasteiger partial charge in [0.05, 0.1) is 51.7 Å². The molecule has 6 aromatic carbocycles. The fraction of sp³-hybridized carbons (Fsp3) is 0.0789. The summed E-state index contributed by atoms with van der Waals surface area (Å²) in [5, 5.41) is 75.7. The van der Waals surface area contributed by atoms with Crippen molar-refractivity contribution in [3.05, 3.63) is 108 Å². The van der Waals surface area contributed by atoms with E-state index in [1.165, 1.54) is 61.7 Å². The molecule has 7 rings (SSSR count). The summed E-state index contributed by atoms with van der Waals surface area (Å²) in [6.45, 7) is 1.21. The Hall–Kier alpha value is -3.78. The van der Waals surface area contributed by atoms with Crippen LogP contribution in [0.25, 0.3) is 27.2 Å². The van der Waals surface area contributed by atoms with Crippen molar-refractivity contribution in [1.82, 2.24) is 9.78 Å². The number of benzene rings is 6. The van der Waals surface area contributed by atoms with E-state index in [4.69, 9.17) is 9.99 Å². The van der Waals surface area contributed by atoms with Gasteiger partial charge in [-0.05, 0) is 102 Å². The van der Waals surface area contributed by atoms with E-state index in [1.54, 1.807) is 31.2 Å². The van der Waals surface area contributed by atoms with Gasteiger partial charge in [0, 0.05) is 21.7 Å². The van der Waals surface area contributed by atoms with Crippen molar-refractivity contribution >= 4 is 87.9 Å². The number of aromatic nitrogens is 2. The summed E-state index contributed by atoms with van der Waals surface area (Å²) in [5.74, 6) is -0.562. The molecule has 0 aliphatic heterocycles. The standard InChI is InChI=1S/C38H30N8O14S3.3Na/c1-20-13-21-3-5-24(41-44-36-32(19-58-49)45-46(38(36)48)26-8-10-28(11-9-26)62(51,52)53)16-30(21)37(47)35(20)43-42-31-12-7-25(17-33(31)57-2)40-39-23-6-4-22-14-27(61-60-59-50)18-34(29(22)15-23)63(54,55)56;;;/h3-18,47-50H,19H2,1-2H3,(H,51,52,53)(H,54,55,56);;;/q;3*+1/p-3. The molecule has 0 saturated heterocycles. The van der Waals surface area contributed by atoms with E-state index >= 15 is 0 Å². The summed E-state index contributed by atoms with van der Waals surface area (Å²) >= 11 is 0.432. The summed E-state index contributed by atoms with van der Waals surface area (Å²) in [5.41, 5.74) is 1.57. The average Bonchev–Trinajstić information content (AvgIpc) is 3.57. The van der Waals surface area contributed by atoms with Crippen LogP contribution < -0.4 is 98.7 Å². The fourth-order valence-corrected chi connectivity index (χ4v) is 7.82. The number of nitrogens with zero attached hydrogens (tertiary/aromatic N) is 8. The van der Waals surface area contributed by atoms with Crippen molar-refractivity contribution in [2.45, 2.75) is 28.2 Å². The summed E-state index contributed by atoms with van der Waals surface area (Å²) < 4.78 is 80.9. The molecule has 66 heavy (non-hydrogen) atoms. The van der Waals surface area contributed by atoms with Crippen molar-refractivity contribution in [3.63, 3.8) is 0 Å². The van der Waals surface area contributed by atoms with Gasteiger partial charge in [0.2, 0.25) is 5.88 Å². The molecule has 22 nitrogen and oxygen atoms in total. The van der Waals surface area contributed by atoms with E-state index in [9.17, 15) is 41.4 Å². The molecule has 7 aromatic rings. The monoisotopic (exact) mass is 984 g/mol. The Morgan fingerprint density at radius 1 is 0.712 bits per heavy atom. The number of aryl methyl sites for hydroxylation is 1. The second-order valence-corrected chi connectivity index (χ2v) is 16.5. The zero-order valence-electron chi connectivity index (χ0n) is 35.1. The first-order chi connectivity index (χ1) is 30.1. The smallest absolute Gasteiger partial charge is 0.744 e. The van der Waals surface area contributed by atoms with Gasteiger partial charge in [-0.1, -0.05) is 12.1 Å². The summed E-state index contributed by atoms with van der Waals surface area (Å²) in [7, 11) is -8.28. The van der Waals surface area contributed by atoms with Gasteiger partial charge in [-0.2, -0.15) is 29.5 Å². The number of fused-ring (bicyclic) bond motifs is 2. The Morgan fingerprint density at radius 2 is 1.30 bits per heavy atom. The molecule has 0 bridgehead atoms. The number of phenolic OH excluding ortho intramolecular Hbond substituents is 1. The first-order valence-electron chi connectivity index (χ1n) is 17.6. The van der Waals surface area contributed by atoms with Crippen LogP contribution in [0.1, 0.15) is 11.3 Å². The van der Waals surface area contributed by atoms with Gasteiger partial charge < -0.3 is 29.3 Å². The topological polar surface area (TPSA) is 327 Å². The maximum Gasteiger partial charge on any atom is 1.00 e. The Kier molecular flexibility index (Phi) is 19.5. The van der Waals surface area contributed by atoms with Gasteiger partial charge in [0.1, 0.15) is 49.7 Å². The zero-order chi connectivity index (χ0) is 45.1. The third kappa shape index (κ3) is 12.6. The molecule has 0 aliphatic carbocycles. The molecule has 0 radical (unpaired) electrons. The van der Waals surface area contributed by atoms with Crippen molar-refractivity contribution in [3.8, 4) is 23.1 Å². The summed E-state index contributed by atoms with van der Waals surface area (Å²) in [4.78, 5) is 3.28. The molecule has 0 fully saturated rings. The minimum Gasteiger partial charge on any atom is -0.744 e. The number of aromatic hydroxyl groups is 2. The average molecular weight is 985 g/mol. The van der Waals surface area contributed by atoms with Crippen LogP contribution in [0.2, 0.25) is 0 Å². The van der Waals surface area contributed by atoms with Gasteiger partial charge >= 0.3 is 88.7 Å². The first kappa shape index (κ1) is 54.8. The predicted octanol–water partition coefficient (Wildman–Crippen LogP) is -0.806. The number of rotatable bonds is 15. The van der Waals surface area contributed by atoms with Gasteiger partial charge in [-0.25, -0.2) is 21.7 Å². The molecule has 0 saturated carbocycles. The number of methoxy groups -OCH3 is 1. The van der Waals surface area contributed by atoms with Crippen LogP contribution in [0.15, 0.2) is 142 Å². The van der Waals surface area contributed by atoms with Crippen molar-refractivity contribution in [2.75, 3.05) is 7.11 Å². The molecule has 28 heteroatoms. The molecular formula is C38H27N8Na3O14S3. The normalized spacial score (nSPS) is 11.9. The Balaban J connectivity index is 0.00000317. The molecular weight excluding hydrogens is 958 g/mol. The molecule has 0 atom stereocenters. The molecule has 1 heterocycles. The summed E-state index contributed by atoms with van der Waals surface area (Å²) in [6.07, 6.45) is 0. The van der Waals surface area contributed by atoms with Crippen LogP contribution in [0, 0.1) is 6.92 Å². The first-order valence-corrected chi connectivity index (χ1v) is 21.1. The van der Waals surface area contributed by atoms with E-state index in [0.29, 0.717) is 39.5 Å². The molecule has 0 aliphatic rings. The minimum atomic E-state index is -4.95. The second kappa shape index (κ2) is 23.5. The number of hydrogen-bond acceptors (Lipinski definition) is 22. The van der Waals surface area contributed by atoms with Gasteiger partial charge in [-0.3, -0.25) is 10.3 Å². The maximum absolute atomic E-state index is 12.0. The van der Waals surface area contributed by atoms with Crippen molar-refractivity contribution in [2.24, 2.45) is 30.7 Å². The molecule has 0 spiro atoms. The van der Waals surface area contributed by atoms with E-state index < -0.39 is 42.5 Å². The van der Waals surface area contributed by atoms with Crippen molar-refractivity contribution < 1.29 is 154 Å². The molecule has 0 unspecified atom stereocenters. The van der Waals surface area contributed by atoms with Crippen molar-refractivity contribution in [1.29, 1.82) is 0 Å². The minimum absolute atomic E-state index is 0. The van der Waals surface area contributed by atoms with Gasteiger partial charge in [0.15, 0.2) is 11.4 Å².